The van der Waals surface area contributed by atoms with Crippen LogP contribution in [0.1, 0.15) is 23.1 Å². The van der Waals surface area contributed by atoms with E-state index < -0.39 is 12.8 Å². The molecule has 0 bridgehead atoms. The Bertz CT molecular complexity index is 792. The van der Waals surface area contributed by atoms with E-state index in [1.165, 1.54) is 29.7 Å². The molecule has 0 atom stereocenters. The molecule has 0 heterocycles. The third-order valence-electron chi connectivity index (χ3n) is 4.13. The van der Waals surface area contributed by atoms with Gasteiger partial charge in [-0.25, -0.2) is 4.99 Å². The van der Waals surface area contributed by atoms with Gasteiger partial charge in [0.25, 0.3) is 0 Å². The number of alkyl halides is 3. The van der Waals surface area contributed by atoms with Crippen molar-refractivity contribution < 1.29 is 17.9 Å². The van der Waals surface area contributed by atoms with E-state index >= 15 is 0 Å². The second-order valence-electron chi connectivity index (χ2n) is 6.21. The van der Waals surface area contributed by atoms with E-state index in [4.69, 9.17) is 5.73 Å². The molecule has 2 aromatic carbocycles. The summed E-state index contributed by atoms with van der Waals surface area (Å²) in [6, 6.07) is 12.5. The molecule has 0 spiro atoms. The lowest BCUT2D eigenvalue weighted by Gasteiger charge is -2.10. The van der Waals surface area contributed by atoms with Crippen molar-refractivity contribution in [2.45, 2.75) is 32.0 Å². The molecule has 146 valence electrons. The van der Waals surface area contributed by atoms with Crippen molar-refractivity contribution in [2.75, 3.05) is 11.9 Å². The number of hydrogen-bond acceptors (Lipinski definition) is 2. The molecular weight excluding hydrogens is 470 g/mol. The largest absolute Gasteiger partial charge is 0.484 e. The number of halogens is 4. The molecule has 0 unspecified atom stereocenters. The Hall–Kier alpha value is -1.97. The zero-order valence-electron chi connectivity index (χ0n) is 14.6. The van der Waals surface area contributed by atoms with Gasteiger partial charge < -0.3 is 15.8 Å². The van der Waals surface area contributed by atoms with Crippen LogP contribution in [0, 0.1) is 0 Å². The Balaban J connectivity index is 0.00000261. The predicted molar refractivity (Wildman–Crippen MR) is 111 cm³/mol. The molecule has 8 heteroatoms. The van der Waals surface area contributed by atoms with E-state index in [0.717, 1.165) is 24.1 Å². The summed E-state index contributed by atoms with van der Waals surface area (Å²) < 4.78 is 41.0. The highest BCUT2D eigenvalue weighted by Gasteiger charge is 2.28. The number of hydrogen-bond donors (Lipinski definition) is 2. The van der Waals surface area contributed by atoms with Crippen molar-refractivity contribution in [2.24, 2.45) is 10.7 Å². The molecule has 2 aromatic rings. The van der Waals surface area contributed by atoms with Gasteiger partial charge in [-0.05, 0) is 60.2 Å². The van der Waals surface area contributed by atoms with Crippen LogP contribution in [-0.4, -0.2) is 18.7 Å². The third-order valence-corrected chi connectivity index (χ3v) is 4.13. The average molecular weight is 491 g/mol. The monoisotopic (exact) mass is 491 g/mol. The Morgan fingerprint density at radius 1 is 1.07 bits per heavy atom. The second-order valence-corrected chi connectivity index (χ2v) is 6.21. The molecule has 0 radical (unpaired) electrons. The molecule has 27 heavy (non-hydrogen) atoms. The minimum Gasteiger partial charge on any atom is -0.484 e. The minimum atomic E-state index is -4.35. The van der Waals surface area contributed by atoms with Crippen LogP contribution < -0.4 is 15.8 Å². The van der Waals surface area contributed by atoms with Crippen molar-refractivity contribution in [3.05, 3.63) is 59.2 Å². The molecule has 0 fully saturated rings. The number of anilines is 1. The molecule has 3 N–H and O–H groups in total. The highest BCUT2D eigenvalue weighted by atomic mass is 127. The van der Waals surface area contributed by atoms with E-state index in [9.17, 15) is 13.2 Å². The highest BCUT2D eigenvalue weighted by molar-refractivity contribution is 14.0. The predicted octanol–water partition coefficient (Wildman–Crippen LogP) is 4.66. The van der Waals surface area contributed by atoms with Gasteiger partial charge in [-0.2, -0.15) is 13.2 Å². The van der Waals surface area contributed by atoms with Crippen LogP contribution in [0.2, 0.25) is 0 Å². The number of fused-ring (bicyclic) bond motifs is 1. The SMILES string of the molecule is I.NC(=NCc1ccc(OCC(F)(F)F)cc1)Nc1ccc2c(c1)CCC2. The number of aliphatic imine (C=N–C) groups is 1. The minimum absolute atomic E-state index is 0. The number of nitrogens with two attached hydrogens (primary N) is 1. The third kappa shape index (κ3) is 6.60. The molecule has 1 aliphatic carbocycles. The number of ether oxygens (including phenoxy) is 1. The maximum Gasteiger partial charge on any atom is 0.422 e. The molecule has 0 aromatic heterocycles. The summed E-state index contributed by atoms with van der Waals surface area (Å²) in [5, 5.41) is 3.07. The molecule has 0 saturated carbocycles. The van der Waals surface area contributed by atoms with Crippen molar-refractivity contribution >= 4 is 35.6 Å². The van der Waals surface area contributed by atoms with Gasteiger partial charge in [0.2, 0.25) is 0 Å². The van der Waals surface area contributed by atoms with Gasteiger partial charge in [0.15, 0.2) is 12.6 Å². The van der Waals surface area contributed by atoms with Gasteiger partial charge in [0.1, 0.15) is 5.75 Å². The van der Waals surface area contributed by atoms with Gasteiger partial charge in [0.05, 0.1) is 6.54 Å². The Morgan fingerprint density at radius 3 is 2.48 bits per heavy atom. The number of guanidine groups is 1. The Labute approximate surface area is 173 Å². The normalized spacial score (nSPS) is 13.7. The maximum atomic E-state index is 12.1. The van der Waals surface area contributed by atoms with E-state index in [2.05, 4.69) is 27.2 Å². The first-order valence-corrected chi connectivity index (χ1v) is 8.36. The van der Waals surface area contributed by atoms with Crippen LogP contribution in [0.5, 0.6) is 5.75 Å². The quantitative estimate of drug-likeness (QED) is 0.364. The van der Waals surface area contributed by atoms with Gasteiger partial charge >= 0.3 is 6.18 Å². The fourth-order valence-corrected chi connectivity index (χ4v) is 2.87. The van der Waals surface area contributed by atoms with Crippen LogP contribution in [-0.2, 0) is 19.4 Å². The van der Waals surface area contributed by atoms with Gasteiger partial charge in [-0.3, -0.25) is 0 Å². The summed E-state index contributed by atoms with van der Waals surface area (Å²) >= 11 is 0. The van der Waals surface area contributed by atoms with Crippen LogP contribution in [0.4, 0.5) is 18.9 Å². The fraction of sp³-hybridized carbons (Fsp3) is 0.316. The van der Waals surface area contributed by atoms with Crippen molar-refractivity contribution in [1.29, 1.82) is 0 Å². The molecule has 0 saturated heterocycles. The topological polar surface area (TPSA) is 59.6 Å². The lowest BCUT2D eigenvalue weighted by atomic mass is 10.1. The molecule has 0 amide bonds. The standard InChI is InChI=1S/C19H20F3N3O.HI/c20-19(21,22)12-26-17-8-4-13(5-9-17)11-24-18(23)25-16-7-6-14-2-1-3-15(14)10-16;/h4-10H,1-3,11-12H2,(H3,23,24,25);1H. The number of rotatable bonds is 5. The van der Waals surface area contributed by atoms with Crippen molar-refractivity contribution in [1.82, 2.24) is 0 Å². The van der Waals surface area contributed by atoms with Gasteiger partial charge in [0, 0.05) is 5.69 Å². The maximum absolute atomic E-state index is 12.1. The van der Waals surface area contributed by atoms with Crippen molar-refractivity contribution in [3.63, 3.8) is 0 Å². The van der Waals surface area contributed by atoms with E-state index in [1.807, 2.05) is 6.07 Å². The van der Waals surface area contributed by atoms with Gasteiger partial charge in [-0.15, -0.1) is 24.0 Å². The molecule has 0 aliphatic heterocycles. The molecule has 3 rings (SSSR count). The zero-order valence-corrected chi connectivity index (χ0v) is 16.9. The lowest BCUT2D eigenvalue weighted by Crippen LogP contribution is -2.22. The van der Waals surface area contributed by atoms with Gasteiger partial charge in [-0.1, -0.05) is 18.2 Å². The zero-order chi connectivity index (χ0) is 18.6. The first-order chi connectivity index (χ1) is 12.4. The first kappa shape index (κ1) is 21.3. The number of nitrogens with zero attached hydrogens (tertiary/aromatic N) is 1. The van der Waals surface area contributed by atoms with Crippen LogP contribution in [0.25, 0.3) is 0 Å². The number of aryl methyl sites for hydroxylation is 2. The fourth-order valence-electron chi connectivity index (χ4n) is 2.87. The summed E-state index contributed by atoms with van der Waals surface area (Å²) in [6.07, 6.45) is -0.946. The van der Waals surface area contributed by atoms with Crippen LogP contribution in [0.15, 0.2) is 47.5 Å². The number of benzene rings is 2. The smallest absolute Gasteiger partial charge is 0.422 e. The van der Waals surface area contributed by atoms with Crippen LogP contribution >= 0.6 is 24.0 Å². The Kier molecular flexibility index (Phi) is 7.34. The summed E-state index contributed by atoms with van der Waals surface area (Å²) in [6.45, 7) is -0.981. The number of nitrogens with one attached hydrogen (secondary N) is 1. The van der Waals surface area contributed by atoms with Crippen molar-refractivity contribution in [3.8, 4) is 5.75 Å². The summed E-state index contributed by atoms with van der Waals surface area (Å²) in [7, 11) is 0. The summed E-state index contributed by atoms with van der Waals surface area (Å²) in [5.74, 6) is 0.458. The van der Waals surface area contributed by atoms with E-state index in [1.54, 1.807) is 12.1 Å². The highest BCUT2D eigenvalue weighted by Crippen LogP contribution is 2.24. The van der Waals surface area contributed by atoms with Crippen LogP contribution in [0.3, 0.4) is 0 Å². The Morgan fingerprint density at radius 2 is 1.78 bits per heavy atom. The molecule has 1 aliphatic rings. The summed E-state index contributed by atoms with van der Waals surface area (Å²) in [5.41, 5.74) is 10.4. The molecule has 4 nitrogen and oxygen atoms in total. The molecular formula is C19H21F3IN3O. The lowest BCUT2D eigenvalue weighted by molar-refractivity contribution is -0.153. The van der Waals surface area contributed by atoms with E-state index in [0.29, 0.717) is 12.5 Å². The first-order valence-electron chi connectivity index (χ1n) is 8.36. The van der Waals surface area contributed by atoms with E-state index in [-0.39, 0.29) is 29.7 Å². The second kappa shape index (κ2) is 9.29. The summed E-state index contributed by atoms with van der Waals surface area (Å²) in [4.78, 5) is 4.26. The average Bonchev–Trinajstić information content (AvgIpc) is 3.06.